The molecular weight excluding hydrogens is 204 g/mol. The Bertz CT molecular complexity index is 356. The quantitative estimate of drug-likeness (QED) is 0.803. The molecule has 0 spiro atoms. The van der Waals surface area contributed by atoms with Gasteiger partial charge < -0.3 is 15.6 Å². The van der Waals surface area contributed by atoms with Crippen molar-refractivity contribution in [3.05, 3.63) is 29.3 Å². The molecule has 2 atom stereocenters. The third kappa shape index (κ3) is 2.24. The van der Waals surface area contributed by atoms with E-state index in [1.54, 1.807) is 0 Å². The van der Waals surface area contributed by atoms with Gasteiger partial charge in [0, 0.05) is 11.6 Å². The molecule has 0 saturated carbocycles. The molecule has 1 aromatic carbocycles. The maximum Gasteiger partial charge on any atom is 0.200 e. The number of aliphatic hydroxyl groups excluding tert-OH is 1. The van der Waals surface area contributed by atoms with Crippen LogP contribution in [0, 0.1) is 11.6 Å². The van der Waals surface area contributed by atoms with Crippen molar-refractivity contribution >= 4 is 0 Å². The first-order valence-electron chi connectivity index (χ1n) is 4.44. The minimum absolute atomic E-state index is 0.164. The predicted molar refractivity (Wildman–Crippen MR) is 51.5 cm³/mol. The molecule has 3 nitrogen and oxygen atoms in total. The maximum atomic E-state index is 13.4. The van der Waals surface area contributed by atoms with E-state index in [1.165, 1.54) is 26.2 Å². The highest BCUT2D eigenvalue weighted by molar-refractivity contribution is 5.32. The summed E-state index contributed by atoms with van der Waals surface area (Å²) in [6.07, 6.45) is -1.23. The first kappa shape index (κ1) is 11.9. The van der Waals surface area contributed by atoms with Gasteiger partial charge in [-0.2, -0.15) is 4.39 Å². The summed E-state index contributed by atoms with van der Waals surface area (Å²) in [5.41, 5.74) is 5.22. The van der Waals surface area contributed by atoms with Crippen molar-refractivity contribution in [2.75, 3.05) is 7.11 Å². The Hall–Kier alpha value is -1.20. The normalized spacial score (nSPS) is 14.8. The summed E-state index contributed by atoms with van der Waals surface area (Å²) in [5.74, 6) is -2.44. The minimum atomic E-state index is -1.23. The Labute approximate surface area is 86.5 Å². The first-order chi connectivity index (χ1) is 6.99. The number of hydrogen-bond acceptors (Lipinski definition) is 3. The number of aliphatic hydroxyl groups is 1. The topological polar surface area (TPSA) is 55.5 Å². The lowest BCUT2D eigenvalue weighted by atomic mass is 10.0. The van der Waals surface area contributed by atoms with E-state index in [4.69, 9.17) is 5.73 Å². The molecule has 0 aromatic heterocycles. The van der Waals surface area contributed by atoms with Crippen molar-refractivity contribution in [3.8, 4) is 5.75 Å². The summed E-state index contributed by atoms with van der Waals surface area (Å²) in [6.45, 7) is 1.51. The number of hydrogen-bond donors (Lipinski definition) is 2. The molecule has 0 aliphatic heterocycles. The van der Waals surface area contributed by atoms with E-state index in [2.05, 4.69) is 4.74 Å². The Balaban J connectivity index is 3.17. The molecule has 0 saturated heterocycles. The average molecular weight is 217 g/mol. The largest absolute Gasteiger partial charge is 0.494 e. The van der Waals surface area contributed by atoms with Crippen molar-refractivity contribution in [2.24, 2.45) is 5.73 Å². The summed E-state index contributed by atoms with van der Waals surface area (Å²) in [4.78, 5) is 0. The molecule has 84 valence electrons. The van der Waals surface area contributed by atoms with E-state index in [0.29, 0.717) is 0 Å². The molecule has 0 aliphatic rings. The van der Waals surface area contributed by atoms with Gasteiger partial charge in [-0.15, -0.1) is 0 Å². The number of rotatable bonds is 3. The summed E-state index contributed by atoms with van der Waals surface area (Å²) in [5, 5.41) is 9.49. The van der Waals surface area contributed by atoms with E-state index < -0.39 is 23.8 Å². The van der Waals surface area contributed by atoms with Crippen LogP contribution in [-0.2, 0) is 0 Å². The van der Waals surface area contributed by atoms with Crippen molar-refractivity contribution in [1.82, 2.24) is 0 Å². The van der Waals surface area contributed by atoms with Crippen LogP contribution in [0.15, 0.2) is 12.1 Å². The first-order valence-corrected chi connectivity index (χ1v) is 4.44. The summed E-state index contributed by atoms with van der Waals surface area (Å²) in [7, 11) is 1.24. The summed E-state index contributed by atoms with van der Waals surface area (Å²) >= 11 is 0. The highest BCUT2D eigenvalue weighted by Crippen LogP contribution is 2.27. The van der Waals surface area contributed by atoms with E-state index in [9.17, 15) is 13.9 Å². The highest BCUT2D eigenvalue weighted by atomic mass is 19.2. The predicted octanol–water partition coefficient (Wildman–Crippen LogP) is 1.35. The second-order valence-corrected chi connectivity index (χ2v) is 3.29. The van der Waals surface area contributed by atoms with Crippen LogP contribution in [0.1, 0.15) is 18.6 Å². The van der Waals surface area contributed by atoms with Crippen LogP contribution in [0.25, 0.3) is 0 Å². The standard InChI is InChI=1S/C10H13F2NO2/c1-5(13)10(14)6-3-4-7(15-2)9(12)8(6)11/h3-5,10,14H,13H2,1-2H3/t5-,10-/m0/s1. The molecule has 0 unspecified atom stereocenters. The fourth-order valence-electron chi connectivity index (χ4n) is 1.22. The SMILES string of the molecule is COc1ccc([C@@H](O)[C@H](C)N)c(F)c1F. The van der Waals surface area contributed by atoms with Crippen LogP contribution in [0.3, 0.4) is 0 Å². The minimum Gasteiger partial charge on any atom is -0.494 e. The molecule has 1 rings (SSSR count). The second-order valence-electron chi connectivity index (χ2n) is 3.29. The Kier molecular flexibility index (Phi) is 3.60. The zero-order valence-corrected chi connectivity index (χ0v) is 8.50. The molecule has 0 radical (unpaired) electrons. The van der Waals surface area contributed by atoms with Crippen LogP contribution in [0.5, 0.6) is 5.75 Å². The molecule has 0 aliphatic carbocycles. The molecule has 0 amide bonds. The lowest BCUT2D eigenvalue weighted by Crippen LogP contribution is -2.25. The molecule has 5 heteroatoms. The number of benzene rings is 1. The van der Waals surface area contributed by atoms with Gasteiger partial charge in [-0.05, 0) is 19.1 Å². The molecule has 0 heterocycles. The average Bonchev–Trinajstić information content (AvgIpc) is 2.21. The highest BCUT2D eigenvalue weighted by Gasteiger charge is 2.21. The van der Waals surface area contributed by atoms with Crippen molar-refractivity contribution in [1.29, 1.82) is 0 Å². The van der Waals surface area contributed by atoms with E-state index in [-0.39, 0.29) is 11.3 Å². The zero-order chi connectivity index (χ0) is 11.6. The van der Waals surface area contributed by atoms with Crippen LogP contribution in [0.2, 0.25) is 0 Å². The van der Waals surface area contributed by atoms with Crippen molar-refractivity contribution in [3.63, 3.8) is 0 Å². The van der Waals surface area contributed by atoms with Crippen molar-refractivity contribution in [2.45, 2.75) is 19.1 Å². The lowest BCUT2D eigenvalue weighted by Gasteiger charge is -2.16. The van der Waals surface area contributed by atoms with Gasteiger partial charge in [0.05, 0.1) is 13.2 Å². The number of ether oxygens (including phenoxy) is 1. The number of methoxy groups -OCH3 is 1. The maximum absolute atomic E-state index is 13.4. The van der Waals surface area contributed by atoms with Gasteiger partial charge in [0.25, 0.3) is 0 Å². The Morgan fingerprint density at radius 2 is 1.93 bits per heavy atom. The summed E-state index contributed by atoms with van der Waals surface area (Å²) in [6, 6.07) is 1.83. The zero-order valence-electron chi connectivity index (χ0n) is 8.50. The van der Waals surface area contributed by atoms with Crippen LogP contribution >= 0.6 is 0 Å². The third-order valence-electron chi connectivity index (χ3n) is 2.11. The smallest absolute Gasteiger partial charge is 0.200 e. The van der Waals surface area contributed by atoms with E-state index >= 15 is 0 Å². The Morgan fingerprint density at radius 1 is 1.33 bits per heavy atom. The van der Waals surface area contributed by atoms with Gasteiger partial charge in [0.2, 0.25) is 5.82 Å². The number of halogens is 2. The van der Waals surface area contributed by atoms with Crippen molar-refractivity contribution < 1.29 is 18.6 Å². The van der Waals surface area contributed by atoms with Gasteiger partial charge >= 0.3 is 0 Å². The molecular formula is C10H13F2NO2. The van der Waals surface area contributed by atoms with Crippen LogP contribution in [-0.4, -0.2) is 18.3 Å². The monoisotopic (exact) mass is 217 g/mol. The molecule has 0 bridgehead atoms. The number of nitrogens with two attached hydrogens (primary N) is 1. The van der Waals surface area contributed by atoms with Crippen LogP contribution < -0.4 is 10.5 Å². The Morgan fingerprint density at radius 3 is 2.40 bits per heavy atom. The third-order valence-corrected chi connectivity index (χ3v) is 2.11. The lowest BCUT2D eigenvalue weighted by molar-refractivity contribution is 0.147. The van der Waals surface area contributed by atoms with Gasteiger partial charge in [-0.25, -0.2) is 4.39 Å². The molecule has 15 heavy (non-hydrogen) atoms. The second kappa shape index (κ2) is 4.55. The fourth-order valence-corrected chi connectivity index (χ4v) is 1.22. The summed E-state index contributed by atoms with van der Waals surface area (Å²) < 4.78 is 31.2. The molecule has 0 fully saturated rings. The van der Waals surface area contributed by atoms with Gasteiger partial charge in [-0.3, -0.25) is 0 Å². The molecule has 3 N–H and O–H groups in total. The van der Waals surface area contributed by atoms with Crippen LogP contribution in [0.4, 0.5) is 8.78 Å². The molecule has 1 aromatic rings. The van der Waals surface area contributed by atoms with Gasteiger partial charge in [0.1, 0.15) is 0 Å². The fraction of sp³-hybridized carbons (Fsp3) is 0.400. The van der Waals surface area contributed by atoms with E-state index in [0.717, 1.165) is 0 Å². The van der Waals surface area contributed by atoms with E-state index in [1.807, 2.05) is 0 Å². The van der Waals surface area contributed by atoms with Gasteiger partial charge in [-0.1, -0.05) is 0 Å². The van der Waals surface area contributed by atoms with Gasteiger partial charge in [0.15, 0.2) is 11.6 Å².